The number of hydrogen-bond donors (Lipinski definition) is 1. The monoisotopic (exact) mass is 577 g/mol. The predicted molar refractivity (Wildman–Crippen MR) is 143 cm³/mol. The minimum absolute atomic E-state index is 0.0338. The lowest BCUT2D eigenvalue weighted by Crippen LogP contribution is -2.30. The lowest BCUT2D eigenvalue weighted by molar-refractivity contribution is 0.0926. The molecule has 0 bridgehead atoms. The van der Waals surface area contributed by atoms with Crippen molar-refractivity contribution in [1.29, 1.82) is 0 Å². The van der Waals surface area contributed by atoms with Gasteiger partial charge in [-0.05, 0) is 42.2 Å². The smallest absolute Gasteiger partial charge is 0.306 e. The van der Waals surface area contributed by atoms with Crippen LogP contribution >= 0.6 is 11.6 Å². The molecule has 0 atom stereocenters. The number of carbonyl (C=O) groups is 2. The number of nitrogens with one attached hydrogen (secondary N) is 1. The first kappa shape index (κ1) is 27.6. The number of benzene rings is 2. The first-order chi connectivity index (χ1) is 17.5. The average Bonchev–Trinajstić information content (AvgIpc) is 3.07. The van der Waals surface area contributed by atoms with Crippen LogP contribution in [-0.4, -0.2) is 39.9 Å². The molecule has 0 saturated heterocycles. The van der Waals surface area contributed by atoms with Crippen LogP contribution < -0.4 is 13.8 Å². The highest BCUT2D eigenvalue weighted by Crippen LogP contribution is 2.40. The number of nitrogens with zero attached hydrogens (tertiary/aromatic N) is 2. The van der Waals surface area contributed by atoms with Gasteiger partial charge >= 0.3 is 10.1 Å². The van der Waals surface area contributed by atoms with Crippen molar-refractivity contribution in [3.05, 3.63) is 76.1 Å². The zero-order valence-electron chi connectivity index (χ0n) is 21.1. The summed E-state index contributed by atoms with van der Waals surface area (Å²) in [7, 11) is -8.06. The lowest BCUT2D eigenvalue weighted by Gasteiger charge is -2.19. The molecule has 200 valence electrons. The Labute approximate surface area is 225 Å². The van der Waals surface area contributed by atoms with Gasteiger partial charge in [-0.1, -0.05) is 44.5 Å². The number of carbonyl (C=O) groups excluding carboxylic acids is 2. The van der Waals surface area contributed by atoms with Crippen molar-refractivity contribution in [3.8, 4) is 5.75 Å². The summed E-state index contributed by atoms with van der Waals surface area (Å²) in [4.78, 5) is 31.5. The van der Waals surface area contributed by atoms with Crippen LogP contribution in [0.1, 0.15) is 52.6 Å². The van der Waals surface area contributed by atoms with Crippen molar-refractivity contribution >= 4 is 54.9 Å². The van der Waals surface area contributed by atoms with Crippen molar-refractivity contribution in [2.24, 2.45) is 0 Å². The van der Waals surface area contributed by atoms with Gasteiger partial charge in [0.05, 0.1) is 51.1 Å². The van der Waals surface area contributed by atoms with E-state index in [0.717, 1.165) is 22.9 Å². The van der Waals surface area contributed by atoms with Crippen LogP contribution in [0.5, 0.6) is 5.75 Å². The molecule has 0 unspecified atom stereocenters. The molecule has 4 rings (SSSR count). The second-order valence-electron chi connectivity index (χ2n) is 9.74. The Kier molecular flexibility index (Phi) is 6.79. The summed E-state index contributed by atoms with van der Waals surface area (Å²) in [6, 6.07) is 8.94. The van der Waals surface area contributed by atoms with Gasteiger partial charge in [0.1, 0.15) is 0 Å². The van der Waals surface area contributed by atoms with Gasteiger partial charge in [-0.25, -0.2) is 13.3 Å². The van der Waals surface area contributed by atoms with E-state index in [1.165, 1.54) is 37.4 Å². The Hall–Kier alpha value is -3.48. The van der Waals surface area contributed by atoms with Gasteiger partial charge in [0.25, 0.3) is 21.8 Å². The van der Waals surface area contributed by atoms with E-state index in [1.54, 1.807) is 12.1 Å². The number of imide groups is 1. The molecule has 1 aromatic heterocycles. The van der Waals surface area contributed by atoms with Gasteiger partial charge in [-0.2, -0.15) is 8.42 Å². The maximum atomic E-state index is 13.5. The van der Waals surface area contributed by atoms with Gasteiger partial charge in [-0.3, -0.25) is 19.3 Å². The van der Waals surface area contributed by atoms with E-state index in [-0.39, 0.29) is 49.1 Å². The number of halogens is 1. The van der Waals surface area contributed by atoms with Gasteiger partial charge in [0.15, 0.2) is 5.75 Å². The number of hydrogen-bond acceptors (Lipinski definition) is 8. The average molecular weight is 578 g/mol. The normalized spacial score (nSPS) is 14.0. The van der Waals surface area contributed by atoms with Gasteiger partial charge in [0.2, 0.25) is 0 Å². The summed E-state index contributed by atoms with van der Waals surface area (Å²) in [5.41, 5.74) is 0.280. The fraction of sp³-hybridized carbons (Fsp3) is 0.240. The van der Waals surface area contributed by atoms with E-state index in [0.29, 0.717) is 0 Å². The van der Waals surface area contributed by atoms with E-state index in [4.69, 9.17) is 15.8 Å². The zero-order valence-corrected chi connectivity index (χ0v) is 23.5. The Morgan fingerprint density at radius 2 is 1.53 bits per heavy atom. The number of amides is 2. The predicted octanol–water partition coefficient (Wildman–Crippen LogP) is 4.28. The number of sulfonamides is 1. The van der Waals surface area contributed by atoms with Crippen molar-refractivity contribution in [1.82, 2.24) is 4.98 Å². The molecule has 3 aromatic rings. The molecule has 0 spiro atoms. The SMILES string of the molecule is Cc1c(OS(C)(=O)=O)cncc1N1C(=O)c2c(Cl)ccc(NS(=O)(=O)c3ccc(C(C)(C)C)cc3)c2C1=O. The van der Waals surface area contributed by atoms with Crippen molar-refractivity contribution in [3.63, 3.8) is 0 Å². The van der Waals surface area contributed by atoms with Crippen LogP contribution in [0.25, 0.3) is 0 Å². The third kappa shape index (κ3) is 5.11. The molecule has 1 aliphatic heterocycles. The second-order valence-corrected chi connectivity index (χ2v) is 13.4. The fourth-order valence-corrected chi connectivity index (χ4v) is 5.74. The van der Waals surface area contributed by atoms with Crippen molar-refractivity contribution in [2.75, 3.05) is 15.9 Å². The Morgan fingerprint density at radius 1 is 0.921 bits per heavy atom. The zero-order chi connectivity index (χ0) is 28.2. The summed E-state index contributed by atoms with van der Waals surface area (Å²) in [6.07, 6.45) is 3.17. The van der Waals surface area contributed by atoms with E-state index in [9.17, 15) is 26.4 Å². The molecular weight excluding hydrogens is 554 g/mol. The summed E-state index contributed by atoms with van der Waals surface area (Å²) in [6.45, 7) is 7.45. The van der Waals surface area contributed by atoms with Crippen LogP contribution in [0, 0.1) is 6.92 Å². The molecule has 0 radical (unpaired) electrons. The molecule has 38 heavy (non-hydrogen) atoms. The highest BCUT2D eigenvalue weighted by Gasteiger charge is 2.42. The lowest BCUT2D eigenvalue weighted by atomic mass is 9.87. The highest BCUT2D eigenvalue weighted by molar-refractivity contribution is 7.92. The summed E-state index contributed by atoms with van der Waals surface area (Å²) in [5.74, 6) is -1.87. The highest BCUT2D eigenvalue weighted by atomic mass is 35.5. The van der Waals surface area contributed by atoms with Gasteiger partial charge in [0, 0.05) is 5.56 Å². The van der Waals surface area contributed by atoms with E-state index in [1.807, 2.05) is 20.8 Å². The minimum atomic E-state index is -4.14. The molecule has 0 fully saturated rings. The minimum Gasteiger partial charge on any atom is -0.381 e. The standard InChI is InChI=1S/C25H24ClN3O7S2/c1-14-19(12-27-13-20(14)36-37(5,32)33)29-23(30)21-17(26)10-11-18(22(21)24(29)31)28-38(34,35)16-8-6-15(7-9-16)25(2,3)4/h6-13,28H,1-5H3. The van der Waals surface area contributed by atoms with Gasteiger partial charge < -0.3 is 4.18 Å². The van der Waals surface area contributed by atoms with E-state index >= 15 is 0 Å². The largest absolute Gasteiger partial charge is 0.381 e. The summed E-state index contributed by atoms with van der Waals surface area (Å²) >= 11 is 6.26. The first-order valence-corrected chi connectivity index (χ1v) is 14.9. The third-order valence-electron chi connectivity index (χ3n) is 5.89. The van der Waals surface area contributed by atoms with Crippen LogP contribution in [0.3, 0.4) is 0 Å². The molecule has 0 aliphatic carbocycles. The molecule has 2 amide bonds. The Bertz CT molecular complexity index is 1700. The Morgan fingerprint density at radius 3 is 2.11 bits per heavy atom. The number of aromatic nitrogens is 1. The summed E-state index contributed by atoms with van der Waals surface area (Å²) in [5, 5.41) is -0.0625. The summed E-state index contributed by atoms with van der Waals surface area (Å²) < 4.78 is 56.9. The van der Waals surface area contributed by atoms with Crippen molar-refractivity contribution < 1.29 is 30.6 Å². The molecular formula is C25H24ClN3O7S2. The molecule has 10 nitrogen and oxygen atoms in total. The second kappa shape index (κ2) is 9.37. The fourth-order valence-electron chi connectivity index (χ4n) is 3.93. The molecule has 1 aliphatic rings. The van der Waals surface area contributed by atoms with Crippen LogP contribution in [0.15, 0.2) is 53.7 Å². The first-order valence-electron chi connectivity index (χ1n) is 11.2. The van der Waals surface area contributed by atoms with Crippen LogP contribution in [-0.2, 0) is 25.6 Å². The number of anilines is 2. The van der Waals surface area contributed by atoms with Crippen LogP contribution in [0.2, 0.25) is 5.02 Å². The van der Waals surface area contributed by atoms with E-state index < -0.39 is 32.0 Å². The maximum absolute atomic E-state index is 13.5. The maximum Gasteiger partial charge on any atom is 0.306 e. The van der Waals surface area contributed by atoms with Gasteiger partial charge in [-0.15, -0.1) is 0 Å². The molecule has 0 saturated carbocycles. The quantitative estimate of drug-likeness (QED) is 0.338. The van der Waals surface area contributed by atoms with Crippen molar-refractivity contribution in [2.45, 2.75) is 38.0 Å². The number of fused-ring (bicyclic) bond motifs is 1. The third-order valence-corrected chi connectivity index (χ3v) is 8.07. The van der Waals surface area contributed by atoms with Crippen LogP contribution in [0.4, 0.5) is 11.4 Å². The molecule has 2 heterocycles. The number of pyridine rings is 1. The Balaban J connectivity index is 1.75. The molecule has 2 aromatic carbocycles. The molecule has 1 N–H and O–H groups in total. The topological polar surface area (TPSA) is 140 Å². The molecule has 13 heteroatoms. The van der Waals surface area contributed by atoms with E-state index in [2.05, 4.69) is 9.71 Å². The number of rotatable bonds is 6.